The minimum atomic E-state index is -0.0710. The smallest absolute Gasteiger partial charge is 0.167 e. The first-order valence-electron chi connectivity index (χ1n) is 7.37. The molecule has 0 aliphatic carbocycles. The van der Waals surface area contributed by atoms with E-state index in [9.17, 15) is 0 Å². The second-order valence-corrected chi connectivity index (χ2v) is 8.25. The van der Waals surface area contributed by atoms with Crippen molar-refractivity contribution in [2.45, 2.75) is 57.4 Å². The minimum Gasteiger partial charge on any atom is -0.369 e. The third-order valence-corrected chi connectivity index (χ3v) is 6.50. The summed E-state index contributed by atoms with van der Waals surface area (Å²) >= 11 is 9.08. The first-order valence-corrected chi connectivity index (χ1v) is 9.58. The van der Waals surface area contributed by atoms with Gasteiger partial charge in [-0.2, -0.15) is 0 Å². The molecule has 0 spiro atoms. The Labute approximate surface area is 138 Å². The van der Waals surface area contributed by atoms with Crippen molar-refractivity contribution in [3.05, 3.63) is 15.1 Å². The molecule has 0 radical (unpaired) electrons. The SMILES string of the molecule is CCCSc1nc2sc3c(c2c(=S)[nH]1)C[C@@](C)(CC)OC3. The second kappa shape index (κ2) is 5.99. The van der Waals surface area contributed by atoms with Crippen molar-refractivity contribution in [3.63, 3.8) is 0 Å². The number of ether oxygens (including phenoxy) is 1. The van der Waals surface area contributed by atoms with Crippen molar-refractivity contribution in [3.8, 4) is 0 Å². The normalized spacial score (nSPS) is 21.7. The van der Waals surface area contributed by atoms with Crippen LogP contribution in [0.2, 0.25) is 0 Å². The maximum absolute atomic E-state index is 6.04. The van der Waals surface area contributed by atoms with E-state index >= 15 is 0 Å². The van der Waals surface area contributed by atoms with Gasteiger partial charge < -0.3 is 9.72 Å². The van der Waals surface area contributed by atoms with Crippen LogP contribution in [-0.2, 0) is 17.8 Å². The van der Waals surface area contributed by atoms with Crippen LogP contribution in [0, 0.1) is 4.64 Å². The average Bonchev–Trinajstić information content (AvgIpc) is 2.83. The molecule has 3 heterocycles. The van der Waals surface area contributed by atoms with E-state index < -0.39 is 0 Å². The van der Waals surface area contributed by atoms with E-state index in [0.29, 0.717) is 6.61 Å². The number of hydrogen-bond donors (Lipinski definition) is 1. The molecule has 2 aromatic rings. The lowest BCUT2D eigenvalue weighted by Gasteiger charge is -2.32. The van der Waals surface area contributed by atoms with Gasteiger partial charge in [0.1, 0.15) is 9.47 Å². The molecule has 1 aliphatic rings. The van der Waals surface area contributed by atoms with Crippen molar-refractivity contribution >= 4 is 45.5 Å². The van der Waals surface area contributed by atoms with Crippen LogP contribution in [0.4, 0.5) is 0 Å². The fraction of sp³-hybridized carbons (Fsp3) is 0.600. The van der Waals surface area contributed by atoms with Crippen molar-refractivity contribution in [1.29, 1.82) is 0 Å². The fourth-order valence-electron chi connectivity index (χ4n) is 2.55. The van der Waals surface area contributed by atoms with E-state index in [1.54, 1.807) is 23.1 Å². The molecule has 0 saturated carbocycles. The quantitative estimate of drug-likeness (QED) is 0.477. The molecule has 0 unspecified atom stereocenters. The van der Waals surface area contributed by atoms with Gasteiger partial charge in [-0.1, -0.05) is 37.8 Å². The molecule has 6 heteroatoms. The van der Waals surface area contributed by atoms with Gasteiger partial charge in [-0.25, -0.2) is 4.98 Å². The number of fused-ring (bicyclic) bond motifs is 3. The molecule has 3 rings (SSSR count). The summed E-state index contributed by atoms with van der Waals surface area (Å²) in [6.07, 6.45) is 3.08. The molecule has 0 saturated heterocycles. The van der Waals surface area contributed by atoms with Gasteiger partial charge in [0.05, 0.1) is 12.2 Å². The number of aromatic nitrogens is 2. The van der Waals surface area contributed by atoms with Crippen LogP contribution in [0.1, 0.15) is 44.1 Å². The van der Waals surface area contributed by atoms with Crippen molar-refractivity contribution in [2.75, 3.05) is 5.75 Å². The number of H-pyrrole nitrogens is 1. The second-order valence-electron chi connectivity index (χ2n) is 5.67. The van der Waals surface area contributed by atoms with E-state index in [1.165, 1.54) is 10.4 Å². The molecule has 0 fully saturated rings. The highest BCUT2D eigenvalue weighted by Crippen LogP contribution is 2.40. The molecule has 1 N–H and O–H groups in total. The third kappa shape index (κ3) is 2.91. The summed E-state index contributed by atoms with van der Waals surface area (Å²) in [6, 6.07) is 0. The summed E-state index contributed by atoms with van der Waals surface area (Å²) < 4.78 is 6.87. The van der Waals surface area contributed by atoms with E-state index in [1.807, 2.05) is 0 Å². The maximum Gasteiger partial charge on any atom is 0.167 e. The van der Waals surface area contributed by atoms with Gasteiger partial charge in [0.15, 0.2) is 5.16 Å². The summed E-state index contributed by atoms with van der Waals surface area (Å²) in [5.41, 5.74) is 1.28. The van der Waals surface area contributed by atoms with Crippen LogP contribution in [-0.4, -0.2) is 21.3 Å². The monoisotopic (exact) mass is 340 g/mol. The minimum absolute atomic E-state index is 0.0710. The third-order valence-electron chi connectivity index (χ3n) is 4.02. The first-order chi connectivity index (χ1) is 10.1. The molecular weight excluding hydrogens is 320 g/mol. The number of hydrogen-bond acceptors (Lipinski definition) is 5. The van der Waals surface area contributed by atoms with Gasteiger partial charge in [-0.3, -0.25) is 0 Å². The lowest BCUT2D eigenvalue weighted by atomic mass is 9.90. The Morgan fingerprint density at radius 1 is 1.48 bits per heavy atom. The van der Waals surface area contributed by atoms with Crippen LogP contribution in [0.15, 0.2) is 5.16 Å². The van der Waals surface area contributed by atoms with E-state index in [2.05, 4.69) is 25.8 Å². The predicted octanol–water partition coefficient (Wildman–Crippen LogP) is 5.10. The van der Waals surface area contributed by atoms with Gasteiger partial charge >= 0.3 is 0 Å². The van der Waals surface area contributed by atoms with Crippen molar-refractivity contribution in [1.82, 2.24) is 9.97 Å². The van der Waals surface area contributed by atoms with E-state index in [0.717, 1.165) is 45.0 Å². The van der Waals surface area contributed by atoms with Crippen molar-refractivity contribution in [2.24, 2.45) is 0 Å². The Morgan fingerprint density at radius 2 is 2.29 bits per heavy atom. The highest BCUT2D eigenvalue weighted by Gasteiger charge is 2.32. The zero-order valence-electron chi connectivity index (χ0n) is 12.6. The molecule has 3 nitrogen and oxygen atoms in total. The summed E-state index contributed by atoms with van der Waals surface area (Å²) in [5.74, 6) is 1.06. The zero-order chi connectivity index (χ0) is 15.0. The average molecular weight is 341 g/mol. The van der Waals surface area contributed by atoms with Gasteiger partial charge in [-0.05, 0) is 25.3 Å². The Kier molecular flexibility index (Phi) is 4.41. The van der Waals surface area contributed by atoms with Crippen LogP contribution < -0.4 is 0 Å². The molecule has 1 aliphatic heterocycles. The lowest BCUT2D eigenvalue weighted by molar-refractivity contribution is -0.0543. The standard InChI is InChI=1S/C15H20N2OS3/c1-4-6-20-14-16-12(19)11-9-7-15(3,5-2)18-8-10(9)21-13(11)17-14/h4-8H2,1-3H3,(H,16,17,19)/t15-/m1/s1. The summed E-state index contributed by atoms with van der Waals surface area (Å²) in [4.78, 5) is 10.4. The van der Waals surface area contributed by atoms with Crippen LogP contribution in [0.5, 0.6) is 0 Å². The molecule has 21 heavy (non-hydrogen) atoms. The largest absolute Gasteiger partial charge is 0.369 e. The lowest BCUT2D eigenvalue weighted by Crippen LogP contribution is -2.33. The van der Waals surface area contributed by atoms with Gasteiger partial charge in [0.2, 0.25) is 0 Å². The Hall–Kier alpha value is -0.430. The number of rotatable bonds is 4. The maximum atomic E-state index is 6.04. The number of aromatic amines is 1. The predicted molar refractivity (Wildman–Crippen MR) is 93.0 cm³/mol. The van der Waals surface area contributed by atoms with Crippen molar-refractivity contribution < 1.29 is 4.74 Å². The summed E-state index contributed by atoms with van der Waals surface area (Å²) in [5, 5.41) is 2.08. The van der Waals surface area contributed by atoms with E-state index in [4.69, 9.17) is 21.9 Å². The van der Waals surface area contributed by atoms with Crippen LogP contribution in [0.25, 0.3) is 10.2 Å². The summed E-state index contributed by atoms with van der Waals surface area (Å²) in [6.45, 7) is 7.23. The van der Waals surface area contributed by atoms with Crippen LogP contribution >= 0.6 is 35.3 Å². The number of nitrogens with one attached hydrogen (secondary N) is 1. The number of nitrogens with zero attached hydrogens (tertiary/aromatic N) is 1. The highest BCUT2D eigenvalue weighted by atomic mass is 32.2. The van der Waals surface area contributed by atoms with Crippen LogP contribution in [0.3, 0.4) is 0 Å². The molecular formula is C15H20N2OS3. The molecule has 0 amide bonds. The molecule has 0 aromatic carbocycles. The topological polar surface area (TPSA) is 37.9 Å². The molecule has 2 aromatic heterocycles. The first kappa shape index (κ1) is 15.5. The molecule has 1 atom stereocenters. The Bertz CT molecular complexity index is 722. The van der Waals surface area contributed by atoms with Gasteiger partial charge in [0.25, 0.3) is 0 Å². The van der Waals surface area contributed by atoms with E-state index in [-0.39, 0.29) is 5.60 Å². The van der Waals surface area contributed by atoms with Gasteiger partial charge in [-0.15, -0.1) is 11.3 Å². The summed E-state index contributed by atoms with van der Waals surface area (Å²) in [7, 11) is 0. The number of thiophene rings is 1. The Morgan fingerprint density at radius 3 is 3.00 bits per heavy atom. The Balaban J connectivity index is 2.07. The molecule has 0 bridgehead atoms. The zero-order valence-corrected chi connectivity index (χ0v) is 15.1. The fourth-order valence-corrected chi connectivity index (χ4v) is 4.90. The highest BCUT2D eigenvalue weighted by molar-refractivity contribution is 7.99. The molecule has 114 valence electrons. The van der Waals surface area contributed by atoms with Gasteiger partial charge in [0, 0.05) is 22.4 Å². The number of thioether (sulfide) groups is 1.